The Bertz CT molecular complexity index is 1500. The van der Waals surface area contributed by atoms with Gasteiger partial charge in [0.1, 0.15) is 0 Å². The third kappa shape index (κ3) is 5.54. The van der Waals surface area contributed by atoms with E-state index in [9.17, 15) is 41.4 Å². The number of hydrogen-bond acceptors (Lipinski definition) is 6. The fourth-order valence-corrected chi connectivity index (χ4v) is 8.91. The second kappa shape index (κ2) is 10.8. The third-order valence-corrected chi connectivity index (χ3v) is 11.9. The second-order valence-electron chi connectivity index (χ2n) is 12.3. The predicted octanol–water partition coefficient (Wildman–Crippen LogP) is 4.32. The maximum Gasteiger partial charge on any atom is 0.255 e. The first kappa shape index (κ1) is 30.8. The van der Waals surface area contributed by atoms with Crippen molar-refractivity contribution in [2.45, 2.75) is 67.3 Å². The van der Waals surface area contributed by atoms with E-state index >= 15 is 0 Å². The zero-order valence-corrected chi connectivity index (χ0v) is 24.6. The van der Waals surface area contributed by atoms with Crippen LogP contribution >= 0.6 is 11.6 Å². The molecule has 1 unspecified atom stereocenters. The topological polar surface area (TPSA) is 124 Å². The van der Waals surface area contributed by atoms with E-state index in [4.69, 9.17) is 11.6 Å². The van der Waals surface area contributed by atoms with Crippen LogP contribution in [0.2, 0.25) is 5.02 Å². The van der Waals surface area contributed by atoms with Crippen LogP contribution in [0.25, 0.3) is 0 Å². The Hall–Kier alpha value is -2.67. The number of hydrogen-bond donors (Lipinski definition) is 3. The molecule has 1 aliphatic heterocycles. The second-order valence-corrected chi connectivity index (χ2v) is 14.9. The molecule has 42 heavy (non-hydrogen) atoms. The normalized spacial score (nSPS) is 26.2. The van der Waals surface area contributed by atoms with Gasteiger partial charge in [0.05, 0.1) is 32.8 Å². The summed E-state index contributed by atoms with van der Waals surface area (Å²) in [7, 11) is -4.09. The minimum atomic E-state index is -4.09. The molecule has 0 spiro atoms. The van der Waals surface area contributed by atoms with Gasteiger partial charge in [-0.25, -0.2) is 21.6 Å². The summed E-state index contributed by atoms with van der Waals surface area (Å²) in [6, 6.07) is 4.76. The first-order valence-electron chi connectivity index (χ1n) is 13.7. The molecular weight excluding hydrogens is 597 g/mol. The third-order valence-electron chi connectivity index (χ3n) is 9.22. The highest BCUT2D eigenvalue weighted by Gasteiger charge is 2.57. The number of fused-ring (bicyclic) bond motifs is 2. The van der Waals surface area contributed by atoms with Crippen molar-refractivity contribution in [1.82, 2.24) is 4.90 Å². The lowest BCUT2D eigenvalue weighted by Crippen LogP contribution is -2.59. The summed E-state index contributed by atoms with van der Waals surface area (Å²) < 4.78 is 68.0. The van der Waals surface area contributed by atoms with E-state index in [0.29, 0.717) is 38.1 Å². The quantitative estimate of drug-likeness (QED) is 0.393. The highest BCUT2D eigenvalue weighted by Crippen LogP contribution is 2.54. The van der Waals surface area contributed by atoms with Crippen LogP contribution in [-0.2, 0) is 14.6 Å². The highest BCUT2D eigenvalue weighted by molar-refractivity contribution is 7.92. The lowest BCUT2D eigenvalue weighted by Gasteiger charge is -2.48. The molecule has 1 saturated heterocycles. The predicted molar refractivity (Wildman–Crippen MR) is 148 cm³/mol. The fourth-order valence-electron chi connectivity index (χ4n) is 6.51. The molecule has 1 heterocycles. The highest BCUT2D eigenvalue weighted by atomic mass is 35.5. The minimum Gasteiger partial charge on any atom is -0.390 e. The molecule has 0 aromatic heterocycles. The van der Waals surface area contributed by atoms with Crippen molar-refractivity contribution in [1.29, 1.82) is 0 Å². The molecular formula is C29H32ClF3N2O6S. The van der Waals surface area contributed by atoms with Crippen molar-refractivity contribution in [2.75, 3.05) is 18.4 Å². The largest absolute Gasteiger partial charge is 0.390 e. The fraction of sp³-hybridized carbons (Fsp3) is 0.517. The molecule has 13 heteroatoms. The van der Waals surface area contributed by atoms with Gasteiger partial charge in [-0.05, 0) is 69.6 Å². The Morgan fingerprint density at radius 3 is 2.19 bits per heavy atom. The number of nitrogens with one attached hydrogen (secondary N) is 1. The molecule has 2 aromatic carbocycles. The molecule has 3 N–H and O–H groups in total. The van der Waals surface area contributed by atoms with E-state index in [0.717, 1.165) is 6.07 Å². The molecule has 0 radical (unpaired) electrons. The molecule has 2 saturated carbocycles. The molecule has 3 aliphatic rings. The zero-order chi connectivity index (χ0) is 30.8. The number of nitrogens with zero attached hydrogens (tertiary/aromatic N) is 1. The van der Waals surface area contributed by atoms with E-state index in [2.05, 4.69) is 5.32 Å². The van der Waals surface area contributed by atoms with Crippen molar-refractivity contribution in [2.24, 2.45) is 17.8 Å². The van der Waals surface area contributed by atoms with Crippen LogP contribution in [-0.4, -0.2) is 64.9 Å². The molecule has 228 valence electrons. The smallest absolute Gasteiger partial charge is 0.255 e. The Morgan fingerprint density at radius 2 is 1.64 bits per heavy atom. The monoisotopic (exact) mass is 628 g/mol. The van der Waals surface area contributed by atoms with E-state index < -0.39 is 61.5 Å². The number of rotatable bonds is 7. The maximum atomic E-state index is 13.8. The van der Waals surface area contributed by atoms with Gasteiger partial charge in [0, 0.05) is 42.4 Å². The van der Waals surface area contributed by atoms with E-state index in [-0.39, 0.29) is 52.3 Å². The standard InChI is InChI=1S/C29H32ClF3N2O6S/c1-28(2,38)18-13-35(14-18)25(36)12-29(39)16-4-5-17(29)9-20(8-16)42(40,41)24-7-15(3-6-21(24)30)27(37)34-19-10-22(31)26(33)23(32)11-19/h3,6-7,10-11,16-18,20,38-39H,4-5,8-9,12-14H2,1-2H3,(H,34,37)/t16-,17?,20-,29-/m0/s1. The number of halogens is 4. The summed E-state index contributed by atoms with van der Waals surface area (Å²) in [6.07, 6.45) is 1.22. The van der Waals surface area contributed by atoms with Gasteiger partial charge in [0.2, 0.25) is 5.91 Å². The van der Waals surface area contributed by atoms with Crippen molar-refractivity contribution < 1.29 is 41.4 Å². The Kier molecular flexibility index (Phi) is 7.91. The summed E-state index contributed by atoms with van der Waals surface area (Å²) in [5.74, 6) is -6.70. The van der Waals surface area contributed by atoms with Crippen LogP contribution in [0.15, 0.2) is 35.2 Å². The number of sulfone groups is 1. The minimum absolute atomic E-state index is 0.0469. The van der Waals surface area contributed by atoms with Crippen LogP contribution < -0.4 is 5.32 Å². The van der Waals surface area contributed by atoms with Crippen LogP contribution in [0.1, 0.15) is 56.3 Å². The lowest BCUT2D eigenvalue weighted by atomic mass is 9.72. The summed E-state index contributed by atoms with van der Waals surface area (Å²) in [4.78, 5) is 27.1. The number of carbonyl (C=O) groups excluding carboxylic acids is 2. The van der Waals surface area contributed by atoms with Gasteiger partial charge < -0.3 is 20.4 Å². The summed E-state index contributed by atoms with van der Waals surface area (Å²) in [6.45, 7) is 4.19. The average molecular weight is 629 g/mol. The van der Waals surface area contributed by atoms with Crippen LogP contribution in [0.5, 0.6) is 0 Å². The molecule has 3 fully saturated rings. The molecule has 2 bridgehead atoms. The Balaban J connectivity index is 1.30. The summed E-state index contributed by atoms with van der Waals surface area (Å²) >= 11 is 6.27. The van der Waals surface area contributed by atoms with Crippen LogP contribution in [0.3, 0.4) is 0 Å². The number of benzene rings is 2. The van der Waals surface area contributed by atoms with Gasteiger partial charge in [-0.3, -0.25) is 9.59 Å². The number of aliphatic hydroxyl groups is 2. The van der Waals surface area contributed by atoms with Crippen molar-refractivity contribution in [3.8, 4) is 0 Å². The molecule has 5 rings (SSSR count). The van der Waals surface area contributed by atoms with Crippen molar-refractivity contribution >= 4 is 38.9 Å². The molecule has 8 nitrogen and oxygen atoms in total. The molecule has 4 atom stereocenters. The van der Waals surface area contributed by atoms with Gasteiger partial charge in [0.15, 0.2) is 27.3 Å². The molecule has 2 amide bonds. The SMILES string of the molecule is CC(C)(O)C1CN(C(=O)C[C@@]2(O)C3CC[C@H]2C[C@H](S(=O)(=O)c2cc(C(=O)Nc4cc(F)c(F)c(F)c4)ccc2Cl)C3)C1. The van der Waals surface area contributed by atoms with Crippen molar-refractivity contribution in [3.63, 3.8) is 0 Å². The van der Waals surface area contributed by atoms with Crippen LogP contribution in [0, 0.1) is 35.2 Å². The lowest BCUT2D eigenvalue weighted by molar-refractivity contribution is -0.154. The van der Waals surface area contributed by atoms with Gasteiger partial charge in [-0.2, -0.15) is 0 Å². The van der Waals surface area contributed by atoms with E-state index in [1.165, 1.54) is 12.1 Å². The van der Waals surface area contributed by atoms with E-state index in [1.807, 2.05) is 0 Å². The summed E-state index contributed by atoms with van der Waals surface area (Å²) in [5, 5.41) is 23.0. The van der Waals surface area contributed by atoms with Crippen molar-refractivity contribution in [3.05, 3.63) is 58.4 Å². The molecule has 2 aliphatic carbocycles. The van der Waals surface area contributed by atoms with Gasteiger partial charge in [-0.15, -0.1) is 0 Å². The summed E-state index contributed by atoms with van der Waals surface area (Å²) in [5.41, 5.74) is -2.76. The Labute approximate surface area is 246 Å². The number of likely N-dealkylation sites (tertiary alicyclic amines) is 1. The van der Waals surface area contributed by atoms with Crippen LogP contribution in [0.4, 0.5) is 18.9 Å². The Morgan fingerprint density at radius 1 is 1.07 bits per heavy atom. The maximum absolute atomic E-state index is 13.8. The number of carbonyl (C=O) groups is 2. The van der Waals surface area contributed by atoms with Gasteiger partial charge >= 0.3 is 0 Å². The molecule has 2 aromatic rings. The number of anilines is 1. The van der Waals surface area contributed by atoms with Gasteiger partial charge in [0.25, 0.3) is 5.91 Å². The number of amides is 2. The van der Waals surface area contributed by atoms with E-state index in [1.54, 1.807) is 18.7 Å². The zero-order valence-electron chi connectivity index (χ0n) is 23.0. The average Bonchev–Trinajstić information content (AvgIpc) is 3.01. The first-order chi connectivity index (χ1) is 19.5. The first-order valence-corrected chi connectivity index (χ1v) is 15.6. The van der Waals surface area contributed by atoms with Gasteiger partial charge in [-0.1, -0.05) is 11.6 Å².